The highest BCUT2D eigenvalue weighted by Crippen LogP contribution is 2.23. The van der Waals surface area contributed by atoms with Gasteiger partial charge in [-0.05, 0) is 36.4 Å². The second kappa shape index (κ2) is 8.76. The Kier molecular flexibility index (Phi) is 5.93. The molecule has 7 heteroatoms. The van der Waals surface area contributed by atoms with Gasteiger partial charge in [-0.25, -0.2) is 0 Å². The number of piperazine rings is 1. The van der Waals surface area contributed by atoms with E-state index >= 15 is 0 Å². The SMILES string of the molecule is N#Cc1ccc(C[NH+]2CCN(C(=O)[C@@H]3CCCN3C(=O)c3cccs3)CC2)cc1. The van der Waals surface area contributed by atoms with Crippen LogP contribution in [0.4, 0.5) is 0 Å². The number of benzene rings is 1. The Hall–Kier alpha value is -2.69. The molecule has 2 saturated heterocycles. The van der Waals surface area contributed by atoms with Crippen LogP contribution in [0.3, 0.4) is 0 Å². The van der Waals surface area contributed by atoms with Crippen molar-refractivity contribution in [2.45, 2.75) is 25.4 Å². The summed E-state index contributed by atoms with van der Waals surface area (Å²) >= 11 is 1.43. The van der Waals surface area contributed by atoms with Gasteiger partial charge in [0, 0.05) is 12.1 Å². The number of carbonyl (C=O) groups is 2. The van der Waals surface area contributed by atoms with Crippen LogP contribution < -0.4 is 4.90 Å². The number of rotatable bonds is 4. The minimum absolute atomic E-state index is 0.0130. The summed E-state index contributed by atoms with van der Waals surface area (Å²) in [6.07, 6.45) is 1.64. The molecule has 3 heterocycles. The third-order valence-corrected chi connectivity index (χ3v) is 6.71. The molecule has 1 atom stereocenters. The molecule has 1 aromatic heterocycles. The van der Waals surface area contributed by atoms with Crippen molar-refractivity contribution >= 4 is 23.2 Å². The van der Waals surface area contributed by atoms with E-state index in [4.69, 9.17) is 5.26 Å². The number of hydrogen-bond donors (Lipinski definition) is 1. The fourth-order valence-corrected chi connectivity index (χ4v) is 4.90. The maximum absolute atomic E-state index is 13.1. The number of quaternary nitrogens is 1. The van der Waals surface area contributed by atoms with E-state index in [0.717, 1.165) is 45.6 Å². The maximum atomic E-state index is 13.1. The molecule has 4 rings (SSSR count). The van der Waals surface area contributed by atoms with Crippen molar-refractivity contribution in [2.24, 2.45) is 0 Å². The number of nitrogens with one attached hydrogen (secondary N) is 1. The number of nitrogens with zero attached hydrogens (tertiary/aromatic N) is 3. The van der Waals surface area contributed by atoms with E-state index in [1.165, 1.54) is 21.8 Å². The molecule has 6 nitrogen and oxygen atoms in total. The Morgan fingerprint density at radius 3 is 2.55 bits per heavy atom. The van der Waals surface area contributed by atoms with Gasteiger partial charge >= 0.3 is 0 Å². The highest BCUT2D eigenvalue weighted by atomic mass is 32.1. The van der Waals surface area contributed by atoms with Gasteiger partial charge in [0.1, 0.15) is 12.6 Å². The fourth-order valence-electron chi connectivity index (χ4n) is 4.22. The highest BCUT2D eigenvalue weighted by molar-refractivity contribution is 7.12. The smallest absolute Gasteiger partial charge is 0.264 e. The van der Waals surface area contributed by atoms with E-state index in [9.17, 15) is 9.59 Å². The Morgan fingerprint density at radius 1 is 1.14 bits per heavy atom. The summed E-state index contributed by atoms with van der Waals surface area (Å²) in [5.41, 5.74) is 1.89. The molecule has 0 bridgehead atoms. The molecule has 2 aromatic rings. The molecule has 29 heavy (non-hydrogen) atoms. The predicted octanol–water partition coefficient (Wildman–Crippen LogP) is 1.15. The van der Waals surface area contributed by atoms with Crippen LogP contribution in [-0.4, -0.2) is 60.4 Å². The third-order valence-electron chi connectivity index (χ3n) is 5.85. The number of hydrogen-bond acceptors (Lipinski definition) is 4. The average Bonchev–Trinajstić information content (AvgIpc) is 3.46. The zero-order valence-electron chi connectivity index (χ0n) is 16.3. The minimum Gasteiger partial charge on any atom is -0.330 e. The summed E-state index contributed by atoms with van der Waals surface area (Å²) in [6, 6.07) is 13.3. The molecule has 2 amide bonds. The molecule has 0 spiro atoms. The number of nitriles is 1. The molecule has 150 valence electrons. The van der Waals surface area contributed by atoms with Crippen LogP contribution in [0.1, 0.15) is 33.6 Å². The molecule has 2 aliphatic heterocycles. The van der Waals surface area contributed by atoms with Crippen LogP contribution in [0.5, 0.6) is 0 Å². The Balaban J connectivity index is 1.32. The van der Waals surface area contributed by atoms with Crippen LogP contribution in [0.15, 0.2) is 41.8 Å². The van der Waals surface area contributed by atoms with Crippen molar-refractivity contribution in [3.05, 3.63) is 57.8 Å². The van der Waals surface area contributed by atoms with Gasteiger partial charge in [0.15, 0.2) is 0 Å². The summed E-state index contributed by atoms with van der Waals surface area (Å²) in [6.45, 7) is 4.82. The van der Waals surface area contributed by atoms with Crippen LogP contribution in [0.2, 0.25) is 0 Å². The van der Waals surface area contributed by atoms with Gasteiger partial charge < -0.3 is 14.7 Å². The second-order valence-electron chi connectivity index (χ2n) is 7.69. The normalized spacial score (nSPS) is 19.9. The number of amides is 2. The summed E-state index contributed by atoms with van der Waals surface area (Å²) in [5.74, 6) is 0.0887. The predicted molar refractivity (Wildman–Crippen MR) is 111 cm³/mol. The zero-order chi connectivity index (χ0) is 20.2. The quantitative estimate of drug-likeness (QED) is 0.824. The van der Waals surface area contributed by atoms with Gasteiger partial charge in [-0.2, -0.15) is 5.26 Å². The number of likely N-dealkylation sites (tertiary alicyclic amines) is 1. The molecule has 1 N–H and O–H groups in total. The van der Waals surface area contributed by atoms with E-state index in [0.29, 0.717) is 17.0 Å². The van der Waals surface area contributed by atoms with Gasteiger partial charge in [0.25, 0.3) is 5.91 Å². The molecule has 0 aliphatic carbocycles. The van der Waals surface area contributed by atoms with Crippen molar-refractivity contribution < 1.29 is 14.5 Å². The fraction of sp³-hybridized carbons (Fsp3) is 0.409. The van der Waals surface area contributed by atoms with E-state index in [2.05, 4.69) is 6.07 Å². The van der Waals surface area contributed by atoms with Gasteiger partial charge in [-0.3, -0.25) is 9.59 Å². The first-order valence-corrected chi connectivity index (χ1v) is 11.0. The lowest BCUT2D eigenvalue weighted by molar-refractivity contribution is -0.917. The second-order valence-corrected chi connectivity index (χ2v) is 8.64. The van der Waals surface area contributed by atoms with Gasteiger partial charge in [-0.15, -0.1) is 11.3 Å². The summed E-state index contributed by atoms with van der Waals surface area (Å²) in [7, 11) is 0. The Labute approximate surface area is 174 Å². The van der Waals surface area contributed by atoms with E-state index in [1.807, 2.05) is 46.7 Å². The number of thiophene rings is 1. The van der Waals surface area contributed by atoms with Gasteiger partial charge in [0.2, 0.25) is 5.91 Å². The topological polar surface area (TPSA) is 68.8 Å². The standard InChI is InChI=1S/C22H24N4O2S/c23-15-17-5-7-18(8-6-17)16-24-10-12-25(13-11-24)21(27)19-3-1-9-26(19)22(28)20-4-2-14-29-20/h2,4-8,14,19H,1,3,9-13,16H2/p+1/t19-/m0/s1. The van der Waals surface area contributed by atoms with Crippen molar-refractivity contribution in [1.82, 2.24) is 9.80 Å². The maximum Gasteiger partial charge on any atom is 0.264 e. The summed E-state index contributed by atoms with van der Waals surface area (Å²) in [4.78, 5) is 31.7. The van der Waals surface area contributed by atoms with Gasteiger partial charge in [0.05, 0.1) is 42.7 Å². The Morgan fingerprint density at radius 2 is 1.90 bits per heavy atom. The van der Waals surface area contributed by atoms with Crippen molar-refractivity contribution in [3.8, 4) is 6.07 Å². The van der Waals surface area contributed by atoms with E-state index in [-0.39, 0.29) is 17.9 Å². The summed E-state index contributed by atoms with van der Waals surface area (Å²) < 4.78 is 0. The van der Waals surface area contributed by atoms with Crippen LogP contribution >= 0.6 is 11.3 Å². The molecule has 0 saturated carbocycles. The van der Waals surface area contributed by atoms with Crippen molar-refractivity contribution in [3.63, 3.8) is 0 Å². The lowest BCUT2D eigenvalue weighted by Crippen LogP contribution is -3.13. The Bertz CT molecular complexity index is 896. The van der Waals surface area contributed by atoms with Crippen LogP contribution in [-0.2, 0) is 11.3 Å². The first-order valence-electron chi connectivity index (χ1n) is 10.1. The lowest BCUT2D eigenvalue weighted by atomic mass is 10.1. The molecular weight excluding hydrogens is 384 g/mol. The first kappa shape index (κ1) is 19.6. The van der Waals surface area contributed by atoms with Crippen LogP contribution in [0.25, 0.3) is 0 Å². The summed E-state index contributed by atoms with van der Waals surface area (Å²) in [5, 5.41) is 10.8. The number of carbonyl (C=O) groups excluding carboxylic acids is 2. The average molecular weight is 410 g/mol. The molecular formula is C22H25N4O2S+. The van der Waals surface area contributed by atoms with Crippen LogP contribution in [0, 0.1) is 11.3 Å². The minimum atomic E-state index is -0.315. The monoisotopic (exact) mass is 409 g/mol. The highest BCUT2D eigenvalue weighted by Gasteiger charge is 2.38. The largest absolute Gasteiger partial charge is 0.330 e. The first-order chi connectivity index (χ1) is 14.2. The van der Waals surface area contributed by atoms with Crippen molar-refractivity contribution in [1.29, 1.82) is 5.26 Å². The van der Waals surface area contributed by atoms with Gasteiger partial charge in [-0.1, -0.05) is 18.2 Å². The van der Waals surface area contributed by atoms with E-state index < -0.39 is 0 Å². The molecule has 2 aliphatic rings. The van der Waals surface area contributed by atoms with E-state index in [1.54, 1.807) is 4.90 Å². The molecule has 2 fully saturated rings. The lowest BCUT2D eigenvalue weighted by Gasteiger charge is -2.35. The third kappa shape index (κ3) is 4.34. The van der Waals surface area contributed by atoms with Crippen molar-refractivity contribution in [2.75, 3.05) is 32.7 Å². The molecule has 0 unspecified atom stereocenters. The molecule has 0 radical (unpaired) electrons. The molecule has 1 aromatic carbocycles. The zero-order valence-corrected chi connectivity index (χ0v) is 17.2.